The summed E-state index contributed by atoms with van der Waals surface area (Å²) in [4.78, 5) is 4.10. The van der Waals surface area contributed by atoms with Crippen molar-refractivity contribution in [2.75, 3.05) is 0 Å². The lowest BCUT2D eigenvalue weighted by Crippen LogP contribution is -2.03. The molecule has 2 aromatic heterocycles. The van der Waals surface area contributed by atoms with Gasteiger partial charge in [-0.2, -0.15) is 5.10 Å². The molecule has 0 aliphatic heterocycles. The molecule has 2 heterocycles. The first-order chi connectivity index (χ1) is 7.22. The molecule has 0 aliphatic carbocycles. The molecule has 0 unspecified atom stereocenters. The SMILES string of the molecule is Cc1cc(C)n(-c2cnccc2CCl)n1. The van der Waals surface area contributed by atoms with E-state index in [1.807, 2.05) is 30.7 Å². The molecule has 2 aromatic rings. The summed E-state index contributed by atoms with van der Waals surface area (Å²) in [5.74, 6) is 0.468. The monoisotopic (exact) mass is 221 g/mol. The molecule has 3 nitrogen and oxygen atoms in total. The third-order valence-electron chi connectivity index (χ3n) is 2.27. The first-order valence-corrected chi connectivity index (χ1v) is 5.28. The van der Waals surface area contributed by atoms with E-state index in [1.54, 1.807) is 12.4 Å². The number of halogens is 1. The highest BCUT2D eigenvalue weighted by Gasteiger charge is 2.07. The van der Waals surface area contributed by atoms with Gasteiger partial charge in [0.25, 0.3) is 0 Å². The maximum Gasteiger partial charge on any atom is 0.0875 e. The predicted molar refractivity (Wildman–Crippen MR) is 60.4 cm³/mol. The van der Waals surface area contributed by atoms with E-state index < -0.39 is 0 Å². The van der Waals surface area contributed by atoms with Gasteiger partial charge in [0.2, 0.25) is 0 Å². The molecule has 0 saturated heterocycles. The molecule has 0 bridgehead atoms. The molecule has 0 fully saturated rings. The van der Waals surface area contributed by atoms with Gasteiger partial charge in [0, 0.05) is 17.8 Å². The van der Waals surface area contributed by atoms with Crippen LogP contribution in [0.1, 0.15) is 17.0 Å². The van der Waals surface area contributed by atoms with Gasteiger partial charge in [-0.05, 0) is 31.5 Å². The van der Waals surface area contributed by atoms with E-state index in [4.69, 9.17) is 11.6 Å². The highest BCUT2D eigenvalue weighted by atomic mass is 35.5. The van der Waals surface area contributed by atoms with E-state index in [0.29, 0.717) is 5.88 Å². The van der Waals surface area contributed by atoms with E-state index in [1.165, 1.54) is 0 Å². The van der Waals surface area contributed by atoms with Crippen molar-refractivity contribution in [3.05, 3.63) is 41.5 Å². The molecule has 0 N–H and O–H groups in total. The molecule has 4 heteroatoms. The Bertz CT molecular complexity index is 476. The van der Waals surface area contributed by atoms with Gasteiger partial charge < -0.3 is 0 Å². The van der Waals surface area contributed by atoms with Crippen molar-refractivity contribution in [3.63, 3.8) is 0 Å². The summed E-state index contributed by atoms with van der Waals surface area (Å²) in [5.41, 5.74) is 4.08. The second kappa shape index (κ2) is 4.03. The number of hydrogen-bond acceptors (Lipinski definition) is 2. The van der Waals surface area contributed by atoms with Crippen molar-refractivity contribution in [2.45, 2.75) is 19.7 Å². The molecule has 0 aliphatic rings. The Morgan fingerprint density at radius 3 is 2.80 bits per heavy atom. The number of aromatic nitrogens is 3. The van der Waals surface area contributed by atoms with Crippen LogP contribution in [0.25, 0.3) is 5.69 Å². The summed E-state index contributed by atoms with van der Waals surface area (Å²) in [6.45, 7) is 3.99. The van der Waals surface area contributed by atoms with Crippen molar-refractivity contribution in [1.29, 1.82) is 0 Å². The molecule has 0 amide bonds. The van der Waals surface area contributed by atoms with Crippen molar-refractivity contribution in [3.8, 4) is 5.69 Å². The fourth-order valence-electron chi connectivity index (χ4n) is 1.59. The van der Waals surface area contributed by atoms with Gasteiger partial charge in [-0.25, -0.2) is 4.68 Å². The van der Waals surface area contributed by atoms with Crippen molar-refractivity contribution >= 4 is 11.6 Å². The first-order valence-electron chi connectivity index (χ1n) is 4.75. The van der Waals surface area contributed by atoms with Gasteiger partial charge in [0.1, 0.15) is 0 Å². The van der Waals surface area contributed by atoms with Crippen LogP contribution in [-0.2, 0) is 5.88 Å². The average Bonchev–Trinajstić information content (AvgIpc) is 2.57. The lowest BCUT2D eigenvalue weighted by molar-refractivity contribution is 0.820. The van der Waals surface area contributed by atoms with E-state index in [-0.39, 0.29) is 0 Å². The molecule has 78 valence electrons. The largest absolute Gasteiger partial charge is 0.262 e. The van der Waals surface area contributed by atoms with Crippen LogP contribution in [0.5, 0.6) is 0 Å². The Morgan fingerprint density at radius 1 is 1.40 bits per heavy atom. The number of pyridine rings is 1. The fourth-order valence-corrected chi connectivity index (χ4v) is 1.82. The normalized spacial score (nSPS) is 10.6. The van der Waals surface area contributed by atoms with Crippen molar-refractivity contribution in [2.24, 2.45) is 0 Å². The first kappa shape index (κ1) is 10.2. The minimum Gasteiger partial charge on any atom is -0.262 e. The summed E-state index contributed by atoms with van der Waals surface area (Å²) in [6.07, 6.45) is 3.53. The summed E-state index contributed by atoms with van der Waals surface area (Å²) in [5, 5.41) is 4.41. The number of aryl methyl sites for hydroxylation is 2. The third kappa shape index (κ3) is 1.88. The van der Waals surface area contributed by atoms with Crippen LogP contribution in [0, 0.1) is 13.8 Å². The zero-order valence-corrected chi connectivity index (χ0v) is 9.49. The molecule has 0 radical (unpaired) electrons. The quantitative estimate of drug-likeness (QED) is 0.730. The summed E-state index contributed by atoms with van der Waals surface area (Å²) in [7, 11) is 0. The van der Waals surface area contributed by atoms with E-state index in [2.05, 4.69) is 10.1 Å². The van der Waals surface area contributed by atoms with Gasteiger partial charge in [0.15, 0.2) is 0 Å². The van der Waals surface area contributed by atoms with Gasteiger partial charge in [0.05, 0.1) is 17.6 Å². The van der Waals surface area contributed by atoms with Crippen LogP contribution < -0.4 is 0 Å². The number of alkyl halides is 1. The van der Waals surface area contributed by atoms with Crippen LogP contribution in [0.4, 0.5) is 0 Å². The van der Waals surface area contributed by atoms with Gasteiger partial charge in [-0.15, -0.1) is 11.6 Å². The third-order valence-corrected chi connectivity index (χ3v) is 2.56. The van der Waals surface area contributed by atoms with Crippen molar-refractivity contribution in [1.82, 2.24) is 14.8 Å². The summed E-state index contributed by atoms with van der Waals surface area (Å²) >= 11 is 5.87. The Morgan fingerprint density at radius 2 is 2.20 bits per heavy atom. The number of nitrogens with zero attached hydrogens (tertiary/aromatic N) is 3. The lowest BCUT2D eigenvalue weighted by Gasteiger charge is -2.07. The number of hydrogen-bond donors (Lipinski definition) is 0. The second-order valence-electron chi connectivity index (χ2n) is 3.48. The Labute approximate surface area is 93.7 Å². The van der Waals surface area contributed by atoms with E-state index in [0.717, 1.165) is 22.6 Å². The van der Waals surface area contributed by atoms with Crippen LogP contribution in [-0.4, -0.2) is 14.8 Å². The molecule has 0 saturated carbocycles. The zero-order valence-electron chi connectivity index (χ0n) is 8.74. The summed E-state index contributed by atoms with van der Waals surface area (Å²) in [6, 6.07) is 3.95. The van der Waals surface area contributed by atoms with Crippen LogP contribution in [0.2, 0.25) is 0 Å². The molecule has 0 atom stereocenters. The molecular weight excluding hydrogens is 210 g/mol. The smallest absolute Gasteiger partial charge is 0.0875 e. The van der Waals surface area contributed by atoms with Gasteiger partial charge in [-0.3, -0.25) is 4.98 Å². The zero-order chi connectivity index (χ0) is 10.8. The lowest BCUT2D eigenvalue weighted by atomic mass is 10.2. The van der Waals surface area contributed by atoms with Gasteiger partial charge >= 0.3 is 0 Å². The maximum absolute atomic E-state index is 5.87. The van der Waals surface area contributed by atoms with E-state index >= 15 is 0 Å². The molecular formula is C11H12ClN3. The maximum atomic E-state index is 5.87. The van der Waals surface area contributed by atoms with Crippen LogP contribution in [0.15, 0.2) is 24.5 Å². The second-order valence-corrected chi connectivity index (χ2v) is 3.74. The highest BCUT2D eigenvalue weighted by molar-refractivity contribution is 6.17. The molecule has 0 aromatic carbocycles. The average molecular weight is 222 g/mol. The Balaban J connectivity index is 2.58. The van der Waals surface area contributed by atoms with Crippen molar-refractivity contribution < 1.29 is 0 Å². The minimum atomic E-state index is 0.468. The topological polar surface area (TPSA) is 30.7 Å². The van der Waals surface area contributed by atoms with Crippen LogP contribution in [0.3, 0.4) is 0 Å². The minimum absolute atomic E-state index is 0.468. The standard InChI is InChI=1S/C11H12ClN3/c1-8-5-9(2)15(14-8)11-7-13-4-3-10(11)6-12/h3-5,7H,6H2,1-2H3. The predicted octanol–water partition coefficient (Wildman–Crippen LogP) is 2.62. The highest BCUT2D eigenvalue weighted by Crippen LogP contribution is 2.17. The van der Waals surface area contributed by atoms with E-state index in [9.17, 15) is 0 Å². The Hall–Kier alpha value is -1.35. The molecule has 15 heavy (non-hydrogen) atoms. The summed E-state index contributed by atoms with van der Waals surface area (Å²) < 4.78 is 1.88. The Kier molecular flexibility index (Phi) is 2.73. The molecule has 0 spiro atoms. The van der Waals surface area contributed by atoms with Crippen LogP contribution >= 0.6 is 11.6 Å². The molecule has 2 rings (SSSR count). The fraction of sp³-hybridized carbons (Fsp3) is 0.273. The number of rotatable bonds is 2. The van der Waals surface area contributed by atoms with Gasteiger partial charge in [-0.1, -0.05) is 0 Å².